The predicted molar refractivity (Wildman–Crippen MR) is 80.8 cm³/mol. The SMILES string of the molecule is CCCOCCc1nnc(CCCNC(C)(C)C)s1. The summed E-state index contributed by atoms with van der Waals surface area (Å²) in [5, 5.41) is 14.2. The molecule has 5 heteroatoms. The topological polar surface area (TPSA) is 47.0 Å². The van der Waals surface area contributed by atoms with E-state index in [1.54, 1.807) is 11.3 Å². The van der Waals surface area contributed by atoms with E-state index in [1.165, 1.54) is 0 Å². The summed E-state index contributed by atoms with van der Waals surface area (Å²) in [4.78, 5) is 0. The molecule has 1 rings (SSSR count). The first-order valence-electron chi connectivity index (χ1n) is 7.15. The average Bonchev–Trinajstić information content (AvgIpc) is 2.77. The Morgan fingerprint density at radius 1 is 1.11 bits per heavy atom. The zero-order valence-electron chi connectivity index (χ0n) is 12.7. The van der Waals surface area contributed by atoms with Crippen molar-refractivity contribution in [2.24, 2.45) is 0 Å². The Hall–Kier alpha value is -0.520. The number of nitrogens with zero attached hydrogens (tertiary/aromatic N) is 2. The molecule has 0 aliphatic heterocycles. The Balaban J connectivity index is 2.16. The molecule has 0 bridgehead atoms. The molecule has 1 aromatic heterocycles. The van der Waals surface area contributed by atoms with Gasteiger partial charge in [-0.2, -0.15) is 0 Å². The Kier molecular flexibility index (Phi) is 7.49. The molecule has 1 heterocycles. The lowest BCUT2D eigenvalue weighted by Gasteiger charge is -2.20. The lowest BCUT2D eigenvalue weighted by atomic mass is 10.1. The van der Waals surface area contributed by atoms with E-state index in [1.807, 2.05) is 0 Å². The number of nitrogens with one attached hydrogen (secondary N) is 1. The molecule has 0 radical (unpaired) electrons. The van der Waals surface area contributed by atoms with Crippen molar-refractivity contribution in [3.63, 3.8) is 0 Å². The monoisotopic (exact) mass is 285 g/mol. The second-order valence-corrected chi connectivity index (χ2v) is 6.88. The van der Waals surface area contributed by atoms with Crippen molar-refractivity contribution in [2.45, 2.75) is 58.9 Å². The van der Waals surface area contributed by atoms with Crippen LogP contribution in [0.15, 0.2) is 0 Å². The average molecular weight is 285 g/mol. The fourth-order valence-electron chi connectivity index (χ4n) is 1.60. The van der Waals surface area contributed by atoms with Crippen LogP contribution in [0.4, 0.5) is 0 Å². The zero-order valence-corrected chi connectivity index (χ0v) is 13.5. The molecule has 0 atom stereocenters. The van der Waals surface area contributed by atoms with E-state index in [4.69, 9.17) is 4.74 Å². The molecule has 0 amide bonds. The van der Waals surface area contributed by atoms with Gasteiger partial charge in [-0.05, 0) is 40.2 Å². The smallest absolute Gasteiger partial charge is 0.119 e. The lowest BCUT2D eigenvalue weighted by molar-refractivity contribution is 0.138. The second-order valence-electron chi connectivity index (χ2n) is 5.73. The molecule has 0 saturated heterocycles. The van der Waals surface area contributed by atoms with Crippen molar-refractivity contribution in [1.82, 2.24) is 15.5 Å². The molecule has 0 spiro atoms. The first-order valence-corrected chi connectivity index (χ1v) is 7.97. The second kappa shape index (κ2) is 8.61. The van der Waals surface area contributed by atoms with Crippen LogP contribution in [-0.2, 0) is 17.6 Å². The zero-order chi connectivity index (χ0) is 14.1. The van der Waals surface area contributed by atoms with E-state index in [0.717, 1.165) is 55.5 Å². The summed E-state index contributed by atoms with van der Waals surface area (Å²) in [5.41, 5.74) is 0.197. The van der Waals surface area contributed by atoms with Crippen LogP contribution in [0, 0.1) is 0 Å². The molecule has 1 aromatic rings. The third kappa shape index (κ3) is 8.29. The van der Waals surface area contributed by atoms with Crippen molar-refractivity contribution in [3.8, 4) is 0 Å². The van der Waals surface area contributed by atoms with Gasteiger partial charge in [0.15, 0.2) is 0 Å². The number of aryl methyl sites for hydroxylation is 1. The van der Waals surface area contributed by atoms with Gasteiger partial charge in [0.2, 0.25) is 0 Å². The minimum Gasteiger partial charge on any atom is -0.381 e. The Labute approximate surface area is 121 Å². The molecule has 0 aromatic carbocycles. The number of hydrogen-bond donors (Lipinski definition) is 1. The molecule has 110 valence electrons. The summed E-state index contributed by atoms with van der Waals surface area (Å²) in [7, 11) is 0. The number of rotatable bonds is 9. The summed E-state index contributed by atoms with van der Waals surface area (Å²) < 4.78 is 5.46. The molecule has 19 heavy (non-hydrogen) atoms. The molecule has 0 unspecified atom stereocenters. The first kappa shape index (κ1) is 16.5. The van der Waals surface area contributed by atoms with Crippen LogP contribution < -0.4 is 5.32 Å². The highest BCUT2D eigenvalue weighted by molar-refractivity contribution is 7.11. The molecule has 0 fully saturated rings. The van der Waals surface area contributed by atoms with E-state index in [2.05, 4.69) is 43.2 Å². The van der Waals surface area contributed by atoms with E-state index < -0.39 is 0 Å². The number of hydrogen-bond acceptors (Lipinski definition) is 5. The third-order valence-corrected chi connectivity index (χ3v) is 3.58. The molecule has 4 nitrogen and oxygen atoms in total. The van der Waals surface area contributed by atoms with Gasteiger partial charge in [-0.3, -0.25) is 0 Å². The molecule has 0 aliphatic carbocycles. The van der Waals surface area contributed by atoms with Crippen molar-refractivity contribution >= 4 is 11.3 Å². The Morgan fingerprint density at radius 2 is 1.79 bits per heavy atom. The van der Waals surface area contributed by atoms with E-state index >= 15 is 0 Å². The quantitative estimate of drug-likeness (QED) is 0.709. The summed E-state index contributed by atoms with van der Waals surface area (Å²) >= 11 is 1.72. The summed E-state index contributed by atoms with van der Waals surface area (Å²) in [6.45, 7) is 11.3. The van der Waals surface area contributed by atoms with E-state index in [0.29, 0.717) is 0 Å². The van der Waals surface area contributed by atoms with Crippen LogP contribution >= 0.6 is 11.3 Å². The summed E-state index contributed by atoms with van der Waals surface area (Å²) in [6.07, 6.45) is 4.08. The van der Waals surface area contributed by atoms with Crippen LogP contribution in [0.3, 0.4) is 0 Å². The summed E-state index contributed by atoms with van der Waals surface area (Å²) in [6, 6.07) is 0. The van der Waals surface area contributed by atoms with Gasteiger partial charge < -0.3 is 10.1 Å². The van der Waals surface area contributed by atoms with Crippen LogP contribution in [-0.4, -0.2) is 35.5 Å². The van der Waals surface area contributed by atoms with Crippen LogP contribution in [0.25, 0.3) is 0 Å². The predicted octanol–water partition coefficient (Wildman–Crippen LogP) is 2.83. The maximum absolute atomic E-state index is 5.46. The standard InChI is InChI=1S/C14H27N3OS/c1-5-10-18-11-8-13-17-16-12(19-13)7-6-9-15-14(2,3)4/h15H,5-11H2,1-4H3. The van der Waals surface area contributed by atoms with Crippen molar-refractivity contribution < 1.29 is 4.74 Å². The van der Waals surface area contributed by atoms with E-state index in [9.17, 15) is 0 Å². The minimum atomic E-state index is 0.197. The lowest BCUT2D eigenvalue weighted by Crippen LogP contribution is -2.36. The highest BCUT2D eigenvalue weighted by atomic mass is 32.1. The Bertz CT molecular complexity index is 347. The van der Waals surface area contributed by atoms with Gasteiger partial charge in [-0.15, -0.1) is 21.5 Å². The number of ether oxygens (including phenoxy) is 1. The third-order valence-electron chi connectivity index (χ3n) is 2.54. The number of aromatic nitrogens is 2. The van der Waals surface area contributed by atoms with Crippen molar-refractivity contribution in [1.29, 1.82) is 0 Å². The van der Waals surface area contributed by atoms with Crippen LogP contribution in [0.1, 0.15) is 50.6 Å². The molecule has 1 N–H and O–H groups in total. The van der Waals surface area contributed by atoms with Crippen LogP contribution in [0.2, 0.25) is 0 Å². The minimum absolute atomic E-state index is 0.197. The fourth-order valence-corrected chi connectivity index (χ4v) is 2.47. The van der Waals surface area contributed by atoms with Gasteiger partial charge in [-0.1, -0.05) is 6.92 Å². The highest BCUT2D eigenvalue weighted by Crippen LogP contribution is 2.12. The maximum atomic E-state index is 5.46. The van der Waals surface area contributed by atoms with Gasteiger partial charge >= 0.3 is 0 Å². The van der Waals surface area contributed by atoms with Gasteiger partial charge in [-0.25, -0.2) is 0 Å². The van der Waals surface area contributed by atoms with Gasteiger partial charge in [0.1, 0.15) is 10.0 Å². The molecular weight excluding hydrogens is 258 g/mol. The van der Waals surface area contributed by atoms with Crippen molar-refractivity contribution in [2.75, 3.05) is 19.8 Å². The maximum Gasteiger partial charge on any atom is 0.119 e. The first-order chi connectivity index (χ1) is 9.01. The van der Waals surface area contributed by atoms with E-state index in [-0.39, 0.29) is 5.54 Å². The normalized spacial score (nSPS) is 12.0. The molecular formula is C14H27N3OS. The summed E-state index contributed by atoms with van der Waals surface area (Å²) in [5.74, 6) is 0. The van der Waals surface area contributed by atoms with Gasteiger partial charge in [0, 0.05) is 25.0 Å². The van der Waals surface area contributed by atoms with Gasteiger partial charge in [0.05, 0.1) is 6.61 Å². The van der Waals surface area contributed by atoms with Crippen LogP contribution in [0.5, 0.6) is 0 Å². The highest BCUT2D eigenvalue weighted by Gasteiger charge is 2.08. The largest absolute Gasteiger partial charge is 0.381 e. The Morgan fingerprint density at radius 3 is 2.42 bits per heavy atom. The van der Waals surface area contributed by atoms with Gasteiger partial charge in [0.25, 0.3) is 0 Å². The fraction of sp³-hybridized carbons (Fsp3) is 0.857. The molecule has 0 saturated carbocycles. The van der Waals surface area contributed by atoms with Crippen molar-refractivity contribution in [3.05, 3.63) is 10.0 Å². The molecule has 0 aliphatic rings.